The molecule has 1 fully saturated rings. The molecule has 0 radical (unpaired) electrons. The zero-order valence-corrected chi connectivity index (χ0v) is 9.37. The number of thiophene rings is 1. The van der Waals surface area contributed by atoms with E-state index in [9.17, 15) is 5.11 Å². The first-order valence-electron chi connectivity index (χ1n) is 5.14. The Morgan fingerprint density at radius 2 is 2.33 bits per heavy atom. The van der Waals surface area contributed by atoms with Gasteiger partial charge < -0.3 is 9.84 Å². The average Bonchev–Trinajstić information content (AvgIpc) is 2.81. The molecule has 0 saturated carbocycles. The van der Waals surface area contributed by atoms with Crippen LogP contribution in [-0.2, 0) is 4.74 Å². The average molecular weight is 228 g/mol. The number of nitrogens with one attached hydrogen (secondary N) is 1. The van der Waals surface area contributed by atoms with Crippen molar-refractivity contribution in [3.8, 4) is 0 Å². The molecule has 1 aliphatic heterocycles. The lowest BCUT2D eigenvalue weighted by molar-refractivity contribution is 0.00338. The molecular formula is C10H16N2O2S. The lowest BCUT2D eigenvalue weighted by Gasteiger charge is -2.28. The van der Waals surface area contributed by atoms with Crippen molar-refractivity contribution in [2.45, 2.75) is 6.10 Å². The summed E-state index contributed by atoms with van der Waals surface area (Å²) in [5.74, 6) is 0. The number of rotatable bonds is 4. The van der Waals surface area contributed by atoms with Crippen molar-refractivity contribution in [2.24, 2.45) is 0 Å². The number of aliphatic hydroxyl groups excluding tert-OH is 1. The summed E-state index contributed by atoms with van der Waals surface area (Å²) in [5.41, 5.74) is 3.22. The van der Waals surface area contributed by atoms with E-state index in [-0.39, 0.29) is 0 Å². The lowest BCUT2D eigenvalue weighted by atomic mass is 10.3. The summed E-state index contributed by atoms with van der Waals surface area (Å²) in [7, 11) is 0. The van der Waals surface area contributed by atoms with Gasteiger partial charge in [-0.2, -0.15) is 0 Å². The molecule has 4 nitrogen and oxygen atoms in total. The van der Waals surface area contributed by atoms with Crippen molar-refractivity contribution >= 4 is 11.3 Å². The minimum absolute atomic E-state index is 0.409. The number of hydrogen-bond acceptors (Lipinski definition) is 5. The second kappa shape index (κ2) is 5.58. The summed E-state index contributed by atoms with van der Waals surface area (Å²) >= 11 is 1.58. The Morgan fingerprint density at radius 3 is 3.00 bits per heavy atom. The predicted octanol–water partition coefficient (Wildman–Crippen LogP) is 0.618. The smallest absolute Gasteiger partial charge is 0.102 e. The molecular weight excluding hydrogens is 212 g/mol. The van der Waals surface area contributed by atoms with Crippen LogP contribution in [0.15, 0.2) is 17.5 Å². The molecule has 15 heavy (non-hydrogen) atoms. The lowest BCUT2D eigenvalue weighted by Crippen LogP contribution is -2.46. The van der Waals surface area contributed by atoms with Crippen molar-refractivity contribution in [3.05, 3.63) is 22.4 Å². The van der Waals surface area contributed by atoms with Gasteiger partial charge in [0.25, 0.3) is 0 Å². The number of morpholine rings is 1. The van der Waals surface area contributed by atoms with Crippen LogP contribution in [0.4, 0.5) is 0 Å². The van der Waals surface area contributed by atoms with Crippen LogP contribution >= 0.6 is 11.3 Å². The highest BCUT2D eigenvalue weighted by molar-refractivity contribution is 7.10. The first-order valence-corrected chi connectivity index (χ1v) is 6.02. The molecule has 1 atom stereocenters. The van der Waals surface area contributed by atoms with Crippen LogP contribution in [0, 0.1) is 0 Å². The van der Waals surface area contributed by atoms with E-state index in [1.54, 1.807) is 11.3 Å². The second-order valence-electron chi connectivity index (χ2n) is 3.49. The van der Waals surface area contributed by atoms with Crippen molar-refractivity contribution in [3.63, 3.8) is 0 Å². The number of hydrazine groups is 1. The van der Waals surface area contributed by atoms with Crippen molar-refractivity contribution in [1.29, 1.82) is 0 Å². The summed E-state index contributed by atoms with van der Waals surface area (Å²) in [5, 5.41) is 13.9. The molecule has 2 heterocycles. The highest BCUT2D eigenvalue weighted by atomic mass is 32.1. The van der Waals surface area contributed by atoms with Crippen molar-refractivity contribution in [1.82, 2.24) is 10.4 Å². The zero-order chi connectivity index (χ0) is 10.5. The van der Waals surface area contributed by atoms with E-state index >= 15 is 0 Å². The van der Waals surface area contributed by atoms with E-state index in [1.807, 2.05) is 17.5 Å². The predicted molar refractivity (Wildman–Crippen MR) is 59.7 cm³/mol. The van der Waals surface area contributed by atoms with Gasteiger partial charge in [-0.15, -0.1) is 11.3 Å². The summed E-state index contributed by atoms with van der Waals surface area (Å²) < 4.78 is 5.24. The third kappa shape index (κ3) is 3.25. The fraction of sp³-hybridized carbons (Fsp3) is 0.600. The first-order chi connectivity index (χ1) is 7.36. The van der Waals surface area contributed by atoms with Gasteiger partial charge in [0.1, 0.15) is 6.10 Å². The number of nitrogens with zero attached hydrogens (tertiary/aromatic N) is 1. The van der Waals surface area contributed by atoms with E-state index in [0.717, 1.165) is 31.2 Å². The Balaban J connectivity index is 1.73. The van der Waals surface area contributed by atoms with Gasteiger partial charge in [-0.1, -0.05) is 6.07 Å². The molecule has 1 aliphatic rings. The van der Waals surface area contributed by atoms with Crippen molar-refractivity contribution < 1.29 is 9.84 Å². The standard InChI is InChI=1S/C10H16N2O2S/c13-9(10-2-1-7-15-10)8-11-12-3-5-14-6-4-12/h1-2,7,9,11,13H,3-6,8H2. The molecule has 84 valence electrons. The minimum Gasteiger partial charge on any atom is -0.386 e. The maximum atomic E-state index is 9.83. The van der Waals surface area contributed by atoms with Crippen LogP contribution in [-0.4, -0.2) is 43.0 Å². The Kier molecular flexibility index (Phi) is 4.10. The molecule has 0 aliphatic carbocycles. The van der Waals surface area contributed by atoms with Crippen LogP contribution < -0.4 is 5.43 Å². The summed E-state index contributed by atoms with van der Waals surface area (Å²) in [4.78, 5) is 1.01. The Bertz CT molecular complexity index is 273. The van der Waals surface area contributed by atoms with Gasteiger partial charge in [0.05, 0.1) is 13.2 Å². The third-order valence-corrected chi connectivity index (χ3v) is 3.36. The van der Waals surface area contributed by atoms with Crippen LogP contribution in [0.1, 0.15) is 11.0 Å². The topological polar surface area (TPSA) is 44.7 Å². The third-order valence-electron chi connectivity index (χ3n) is 2.39. The van der Waals surface area contributed by atoms with Gasteiger partial charge in [-0.3, -0.25) is 5.43 Å². The first kappa shape index (κ1) is 11.0. The largest absolute Gasteiger partial charge is 0.386 e. The van der Waals surface area contributed by atoms with E-state index in [4.69, 9.17) is 4.74 Å². The summed E-state index contributed by atoms with van der Waals surface area (Å²) in [6.45, 7) is 3.87. The summed E-state index contributed by atoms with van der Waals surface area (Å²) in [6.07, 6.45) is -0.409. The van der Waals surface area contributed by atoms with Gasteiger partial charge in [0, 0.05) is 24.5 Å². The quantitative estimate of drug-likeness (QED) is 0.793. The molecule has 1 unspecified atom stereocenters. The van der Waals surface area contributed by atoms with Crippen molar-refractivity contribution in [2.75, 3.05) is 32.8 Å². The van der Waals surface area contributed by atoms with E-state index in [2.05, 4.69) is 10.4 Å². The SMILES string of the molecule is OC(CNN1CCOCC1)c1cccs1. The van der Waals surface area contributed by atoms with Gasteiger partial charge in [0.15, 0.2) is 0 Å². The molecule has 1 aromatic rings. The van der Waals surface area contributed by atoms with Crippen LogP contribution in [0.25, 0.3) is 0 Å². The molecule has 2 N–H and O–H groups in total. The number of hydrogen-bond donors (Lipinski definition) is 2. The van der Waals surface area contributed by atoms with Crippen LogP contribution in [0.3, 0.4) is 0 Å². The van der Waals surface area contributed by atoms with E-state index in [0.29, 0.717) is 6.54 Å². The molecule has 0 amide bonds. The van der Waals surface area contributed by atoms with E-state index < -0.39 is 6.10 Å². The zero-order valence-electron chi connectivity index (χ0n) is 8.56. The maximum Gasteiger partial charge on any atom is 0.102 e. The molecule has 0 spiro atoms. The van der Waals surface area contributed by atoms with Gasteiger partial charge >= 0.3 is 0 Å². The fourth-order valence-corrected chi connectivity index (χ4v) is 2.23. The molecule has 1 aromatic heterocycles. The Morgan fingerprint density at radius 1 is 1.53 bits per heavy atom. The Hall–Kier alpha value is -0.460. The number of ether oxygens (including phenoxy) is 1. The second-order valence-corrected chi connectivity index (χ2v) is 4.47. The number of aliphatic hydroxyl groups is 1. The van der Waals surface area contributed by atoms with Gasteiger partial charge in [-0.05, 0) is 11.4 Å². The normalized spacial score (nSPS) is 20.3. The van der Waals surface area contributed by atoms with Crippen LogP contribution in [0.2, 0.25) is 0 Å². The molecule has 0 bridgehead atoms. The van der Waals surface area contributed by atoms with Crippen LogP contribution in [0.5, 0.6) is 0 Å². The fourth-order valence-electron chi connectivity index (χ4n) is 1.52. The highest BCUT2D eigenvalue weighted by Gasteiger charge is 2.13. The molecule has 0 aromatic carbocycles. The minimum atomic E-state index is -0.409. The Labute approximate surface area is 93.4 Å². The molecule has 2 rings (SSSR count). The monoisotopic (exact) mass is 228 g/mol. The maximum absolute atomic E-state index is 9.83. The van der Waals surface area contributed by atoms with Gasteiger partial charge in [0.2, 0.25) is 0 Å². The summed E-state index contributed by atoms with van der Waals surface area (Å²) in [6, 6.07) is 3.91. The highest BCUT2D eigenvalue weighted by Crippen LogP contribution is 2.17. The van der Waals surface area contributed by atoms with E-state index in [1.165, 1.54) is 0 Å². The molecule has 1 saturated heterocycles. The molecule has 5 heteroatoms. The van der Waals surface area contributed by atoms with Gasteiger partial charge in [-0.25, -0.2) is 5.01 Å².